The van der Waals surface area contributed by atoms with Crippen LogP contribution in [0.5, 0.6) is 0 Å². The second-order valence-electron chi connectivity index (χ2n) is 10.9. The summed E-state index contributed by atoms with van der Waals surface area (Å²) in [6.45, 7) is 0.701. The summed E-state index contributed by atoms with van der Waals surface area (Å²) >= 11 is 6.36. The topological polar surface area (TPSA) is 70.5 Å². The van der Waals surface area contributed by atoms with E-state index in [9.17, 15) is 4.79 Å². The van der Waals surface area contributed by atoms with Gasteiger partial charge in [-0.3, -0.25) is 4.79 Å². The minimum absolute atomic E-state index is 0.0184. The van der Waals surface area contributed by atoms with Gasteiger partial charge in [0, 0.05) is 35.6 Å². The normalized spacial score (nSPS) is 14.5. The van der Waals surface area contributed by atoms with E-state index in [1.54, 1.807) is 18.7 Å². The number of hydrogen-bond acceptors (Lipinski definition) is 4. The summed E-state index contributed by atoms with van der Waals surface area (Å²) in [5, 5.41) is 6.26. The molecule has 0 radical (unpaired) electrons. The van der Waals surface area contributed by atoms with Crippen LogP contribution in [-0.2, 0) is 19.1 Å². The Kier molecular flexibility index (Phi) is 6.29. The number of aromatic nitrogens is 6. The zero-order valence-electron chi connectivity index (χ0n) is 23.0. The number of hydrogen-bond donors (Lipinski definition) is 0. The van der Waals surface area contributed by atoms with Crippen LogP contribution >= 0.6 is 11.6 Å². The van der Waals surface area contributed by atoms with E-state index < -0.39 is 5.54 Å². The fourth-order valence-corrected chi connectivity index (χ4v) is 6.12. The molecule has 3 heterocycles. The third-order valence-corrected chi connectivity index (χ3v) is 8.47. The van der Waals surface area contributed by atoms with Gasteiger partial charge in [-0.05, 0) is 77.4 Å². The number of imidazole rings is 1. The molecular weight excluding hydrogens is 544 g/mol. The molecule has 0 aliphatic heterocycles. The molecule has 0 amide bonds. The molecule has 42 heavy (non-hydrogen) atoms. The number of rotatable bonds is 7. The van der Waals surface area contributed by atoms with E-state index >= 15 is 0 Å². The molecule has 0 saturated heterocycles. The minimum Gasteiger partial charge on any atom is -0.335 e. The Hall–Kier alpha value is -4.93. The smallest absolute Gasteiger partial charge is 0.251 e. The SMILES string of the molecule is C#Cc1cccc(-c2cc(=O)n(CC3CC3)c3ccc(C(c4ccc(Cl)cc4)(c4cncn4C)n4cncn4)cc23)c1. The average Bonchev–Trinajstić information content (AvgIpc) is 3.46. The number of terminal acetylenes is 1. The third-order valence-electron chi connectivity index (χ3n) is 8.22. The molecule has 0 bridgehead atoms. The third kappa shape index (κ3) is 4.23. The Balaban J connectivity index is 1.59. The first-order chi connectivity index (χ1) is 20.5. The number of nitrogens with zero attached hydrogens (tertiary/aromatic N) is 6. The molecule has 1 aliphatic rings. The molecule has 3 aromatic carbocycles. The summed E-state index contributed by atoms with van der Waals surface area (Å²) in [5.74, 6) is 3.25. The molecule has 7 rings (SSSR count). The van der Waals surface area contributed by atoms with Crippen molar-refractivity contribution in [3.05, 3.63) is 136 Å². The number of aryl methyl sites for hydroxylation is 1. The maximum atomic E-state index is 13.6. The number of fused-ring (bicyclic) bond motifs is 1. The van der Waals surface area contributed by atoms with E-state index in [0.717, 1.165) is 57.3 Å². The number of benzene rings is 3. The fourth-order valence-electron chi connectivity index (χ4n) is 6.00. The van der Waals surface area contributed by atoms with Gasteiger partial charge < -0.3 is 9.13 Å². The fraction of sp³-hybridized carbons (Fsp3) is 0.176. The summed E-state index contributed by atoms with van der Waals surface area (Å²) in [5.41, 5.74) is 5.14. The van der Waals surface area contributed by atoms with E-state index in [2.05, 4.69) is 39.2 Å². The summed E-state index contributed by atoms with van der Waals surface area (Å²) in [6.07, 6.45) is 14.9. The van der Waals surface area contributed by atoms with E-state index in [0.29, 0.717) is 17.5 Å². The van der Waals surface area contributed by atoms with Crippen molar-refractivity contribution in [2.24, 2.45) is 13.0 Å². The lowest BCUT2D eigenvalue weighted by Crippen LogP contribution is -2.40. The van der Waals surface area contributed by atoms with E-state index in [-0.39, 0.29) is 5.56 Å². The summed E-state index contributed by atoms with van der Waals surface area (Å²) < 4.78 is 5.76. The molecule has 3 aromatic heterocycles. The average molecular weight is 571 g/mol. The van der Waals surface area contributed by atoms with Crippen LogP contribution in [0.2, 0.25) is 5.02 Å². The van der Waals surface area contributed by atoms with Crippen LogP contribution in [0, 0.1) is 18.3 Å². The Labute approximate surface area is 248 Å². The minimum atomic E-state index is -0.948. The lowest BCUT2D eigenvalue weighted by Gasteiger charge is -2.35. The lowest BCUT2D eigenvalue weighted by atomic mass is 9.79. The standard InChI is InChI=1S/C34H27ClN6O/c1-3-23-5-4-6-25(15-23)29-17-33(42)40(19-24-7-8-24)31-14-11-27(16-30(29)31)34(41-22-37-20-38-41,32-18-36-21-39(32)2)26-9-12-28(35)13-10-26/h1,4-6,9-18,20-22,24H,7-8,19H2,2H3. The van der Waals surface area contributed by atoms with Crippen molar-refractivity contribution in [3.63, 3.8) is 0 Å². The predicted molar refractivity (Wildman–Crippen MR) is 164 cm³/mol. The Bertz CT molecular complexity index is 2030. The maximum Gasteiger partial charge on any atom is 0.251 e. The van der Waals surface area contributed by atoms with Crippen molar-refractivity contribution >= 4 is 22.5 Å². The second kappa shape index (κ2) is 10.2. The van der Waals surface area contributed by atoms with Gasteiger partial charge in [-0.2, -0.15) is 5.10 Å². The van der Waals surface area contributed by atoms with Crippen LogP contribution in [0.1, 0.15) is 35.2 Å². The monoisotopic (exact) mass is 570 g/mol. The Morgan fingerprint density at radius 2 is 1.81 bits per heavy atom. The molecule has 7 nitrogen and oxygen atoms in total. The first kappa shape index (κ1) is 26.0. The van der Waals surface area contributed by atoms with Gasteiger partial charge in [0.15, 0.2) is 5.54 Å². The molecule has 1 fully saturated rings. The summed E-state index contributed by atoms with van der Waals surface area (Å²) in [4.78, 5) is 22.4. The lowest BCUT2D eigenvalue weighted by molar-refractivity contribution is 0.435. The van der Waals surface area contributed by atoms with Gasteiger partial charge in [-0.1, -0.05) is 47.9 Å². The van der Waals surface area contributed by atoms with Crippen LogP contribution in [0.3, 0.4) is 0 Å². The van der Waals surface area contributed by atoms with Gasteiger partial charge in [-0.25, -0.2) is 14.6 Å². The van der Waals surface area contributed by atoms with Gasteiger partial charge in [0.1, 0.15) is 12.7 Å². The molecule has 1 aliphatic carbocycles. The zero-order valence-corrected chi connectivity index (χ0v) is 23.7. The Morgan fingerprint density at radius 1 is 1.00 bits per heavy atom. The van der Waals surface area contributed by atoms with Crippen LogP contribution < -0.4 is 5.56 Å². The molecule has 1 unspecified atom stereocenters. The predicted octanol–water partition coefficient (Wildman–Crippen LogP) is 5.88. The maximum absolute atomic E-state index is 13.6. The molecule has 0 spiro atoms. The van der Waals surface area contributed by atoms with Crippen molar-refractivity contribution in [2.45, 2.75) is 24.9 Å². The molecule has 1 saturated carbocycles. The number of pyridine rings is 1. The molecule has 1 atom stereocenters. The number of halogens is 1. The highest BCUT2D eigenvalue weighted by Gasteiger charge is 2.42. The van der Waals surface area contributed by atoms with Crippen LogP contribution in [0.4, 0.5) is 0 Å². The van der Waals surface area contributed by atoms with Gasteiger partial charge in [0.25, 0.3) is 5.56 Å². The van der Waals surface area contributed by atoms with E-state index in [1.807, 2.05) is 75.6 Å². The highest BCUT2D eigenvalue weighted by atomic mass is 35.5. The van der Waals surface area contributed by atoms with Crippen LogP contribution in [0.25, 0.3) is 22.0 Å². The molecular formula is C34H27ClN6O. The molecule has 0 N–H and O–H groups in total. The Morgan fingerprint density at radius 3 is 2.50 bits per heavy atom. The van der Waals surface area contributed by atoms with Gasteiger partial charge in [0.05, 0.1) is 23.7 Å². The molecule has 206 valence electrons. The summed E-state index contributed by atoms with van der Waals surface area (Å²) in [6, 6.07) is 23.6. The van der Waals surface area contributed by atoms with Crippen molar-refractivity contribution in [1.82, 2.24) is 28.9 Å². The van der Waals surface area contributed by atoms with Gasteiger partial charge in [0.2, 0.25) is 0 Å². The van der Waals surface area contributed by atoms with Gasteiger partial charge >= 0.3 is 0 Å². The first-order valence-corrected chi connectivity index (χ1v) is 14.2. The van der Waals surface area contributed by atoms with Crippen LogP contribution in [0.15, 0.2) is 103 Å². The summed E-state index contributed by atoms with van der Waals surface area (Å²) in [7, 11) is 1.97. The largest absolute Gasteiger partial charge is 0.335 e. The van der Waals surface area contributed by atoms with E-state index in [1.165, 1.54) is 6.33 Å². The van der Waals surface area contributed by atoms with Crippen molar-refractivity contribution in [1.29, 1.82) is 0 Å². The zero-order chi connectivity index (χ0) is 28.8. The van der Waals surface area contributed by atoms with Crippen LogP contribution in [-0.4, -0.2) is 28.9 Å². The van der Waals surface area contributed by atoms with Crippen molar-refractivity contribution in [2.75, 3.05) is 0 Å². The highest BCUT2D eigenvalue weighted by molar-refractivity contribution is 6.30. The quantitative estimate of drug-likeness (QED) is 0.225. The van der Waals surface area contributed by atoms with Gasteiger partial charge in [-0.15, -0.1) is 6.42 Å². The molecule has 8 heteroatoms. The van der Waals surface area contributed by atoms with Crippen molar-refractivity contribution < 1.29 is 0 Å². The first-order valence-electron chi connectivity index (χ1n) is 13.8. The second-order valence-corrected chi connectivity index (χ2v) is 11.3. The van der Waals surface area contributed by atoms with Crippen molar-refractivity contribution in [3.8, 4) is 23.5 Å². The van der Waals surface area contributed by atoms with E-state index in [4.69, 9.17) is 18.0 Å². The highest BCUT2D eigenvalue weighted by Crippen LogP contribution is 2.42. The molecule has 6 aromatic rings.